The molecule has 7 heteroatoms. The number of anilines is 1. The maximum atomic E-state index is 11.8. The van der Waals surface area contributed by atoms with Gasteiger partial charge in [0.25, 0.3) is 0 Å². The van der Waals surface area contributed by atoms with Crippen LogP contribution in [0.15, 0.2) is 18.5 Å². The Morgan fingerprint density at radius 3 is 2.69 bits per heavy atom. The van der Waals surface area contributed by atoms with Crippen molar-refractivity contribution in [1.29, 1.82) is 0 Å². The second-order valence-corrected chi connectivity index (χ2v) is 3.24. The van der Waals surface area contributed by atoms with Crippen molar-refractivity contribution in [3.63, 3.8) is 0 Å². The van der Waals surface area contributed by atoms with Gasteiger partial charge in [-0.3, -0.25) is 4.98 Å². The summed E-state index contributed by atoms with van der Waals surface area (Å²) < 4.78 is 39.8. The number of nitrogen functional groups attached to an aromatic ring is 1. The number of pyridine rings is 1. The molecule has 0 aliphatic carbocycles. The van der Waals surface area contributed by atoms with Gasteiger partial charge < -0.3 is 16.2 Å². The molecule has 0 spiro atoms. The van der Waals surface area contributed by atoms with E-state index in [1.165, 1.54) is 18.5 Å². The Hall–Kier alpha value is -1.34. The van der Waals surface area contributed by atoms with Crippen molar-refractivity contribution in [3.8, 4) is 0 Å². The summed E-state index contributed by atoms with van der Waals surface area (Å²) in [6.07, 6.45) is -1.46. The van der Waals surface area contributed by atoms with Crippen LogP contribution < -0.4 is 11.5 Å². The number of halogens is 3. The molecule has 0 bridgehead atoms. The molecule has 1 aromatic rings. The molecule has 0 saturated carbocycles. The van der Waals surface area contributed by atoms with E-state index in [9.17, 15) is 13.2 Å². The first kappa shape index (κ1) is 12.7. The second-order valence-electron chi connectivity index (χ2n) is 3.24. The van der Waals surface area contributed by atoms with Crippen molar-refractivity contribution in [3.05, 3.63) is 24.0 Å². The summed E-state index contributed by atoms with van der Waals surface area (Å²) in [4.78, 5) is 3.79. The molecule has 4 N–H and O–H groups in total. The summed E-state index contributed by atoms with van der Waals surface area (Å²) in [5, 5.41) is 0. The highest BCUT2D eigenvalue weighted by Crippen LogP contribution is 2.19. The summed E-state index contributed by atoms with van der Waals surface area (Å²) >= 11 is 0. The first-order chi connectivity index (χ1) is 7.40. The summed E-state index contributed by atoms with van der Waals surface area (Å²) in [5.74, 6) is 0. The third kappa shape index (κ3) is 4.03. The van der Waals surface area contributed by atoms with Crippen LogP contribution in [-0.4, -0.2) is 24.4 Å². The number of hydrogen-bond donors (Lipinski definition) is 2. The molecule has 1 rings (SSSR count). The summed E-state index contributed by atoms with van der Waals surface area (Å²) in [7, 11) is 0. The molecule has 1 aromatic heterocycles. The standard InChI is InChI=1S/C9H12F3N3O/c10-9(11,12)5-16-4-8(14)6-3-15-2-1-7(6)13/h1-3,8H,4-5,14H2,(H2,13,15). The Labute approximate surface area is 90.4 Å². The minimum atomic E-state index is -4.35. The van der Waals surface area contributed by atoms with Gasteiger partial charge in [-0.25, -0.2) is 0 Å². The lowest BCUT2D eigenvalue weighted by Crippen LogP contribution is -2.23. The van der Waals surface area contributed by atoms with Gasteiger partial charge in [0.15, 0.2) is 0 Å². The molecule has 0 aromatic carbocycles. The van der Waals surface area contributed by atoms with Crippen LogP contribution in [0.4, 0.5) is 18.9 Å². The van der Waals surface area contributed by atoms with Crippen LogP contribution in [-0.2, 0) is 4.74 Å². The lowest BCUT2D eigenvalue weighted by molar-refractivity contribution is -0.174. The fraction of sp³-hybridized carbons (Fsp3) is 0.444. The maximum Gasteiger partial charge on any atom is 0.411 e. The van der Waals surface area contributed by atoms with Gasteiger partial charge in [-0.05, 0) is 6.07 Å². The first-order valence-electron chi connectivity index (χ1n) is 4.49. The van der Waals surface area contributed by atoms with E-state index in [0.29, 0.717) is 11.3 Å². The molecule has 90 valence electrons. The molecular formula is C9H12F3N3O. The first-order valence-corrected chi connectivity index (χ1v) is 4.49. The Bertz CT molecular complexity index is 343. The van der Waals surface area contributed by atoms with Crippen LogP contribution in [0.25, 0.3) is 0 Å². The van der Waals surface area contributed by atoms with Crippen LogP contribution in [0.2, 0.25) is 0 Å². The maximum absolute atomic E-state index is 11.8. The zero-order valence-corrected chi connectivity index (χ0v) is 8.37. The van der Waals surface area contributed by atoms with Crippen molar-refractivity contribution in [2.24, 2.45) is 5.73 Å². The van der Waals surface area contributed by atoms with Crippen molar-refractivity contribution >= 4 is 5.69 Å². The van der Waals surface area contributed by atoms with Gasteiger partial charge in [0, 0.05) is 23.6 Å². The van der Waals surface area contributed by atoms with Crippen LogP contribution in [0.5, 0.6) is 0 Å². The van der Waals surface area contributed by atoms with Crippen LogP contribution in [0.3, 0.4) is 0 Å². The number of nitrogens with zero attached hydrogens (tertiary/aromatic N) is 1. The fourth-order valence-corrected chi connectivity index (χ4v) is 1.12. The molecule has 0 aliphatic rings. The van der Waals surface area contributed by atoms with E-state index in [0.717, 1.165) is 0 Å². The molecule has 16 heavy (non-hydrogen) atoms. The number of aromatic nitrogens is 1. The Kier molecular flexibility index (Phi) is 4.08. The van der Waals surface area contributed by atoms with E-state index < -0.39 is 18.8 Å². The van der Waals surface area contributed by atoms with E-state index in [2.05, 4.69) is 9.72 Å². The molecule has 0 radical (unpaired) electrons. The predicted molar refractivity (Wildman–Crippen MR) is 52.5 cm³/mol. The molecule has 0 aliphatic heterocycles. The van der Waals surface area contributed by atoms with E-state index in [1.807, 2.05) is 0 Å². The van der Waals surface area contributed by atoms with Gasteiger partial charge >= 0.3 is 6.18 Å². The van der Waals surface area contributed by atoms with Gasteiger partial charge in [0.2, 0.25) is 0 Å². The quantitative estimate of drug-likeness (QED) is 0.823. The highest BCUT2D eigenvalue weighted by molar-refractivity contribution is 5.46. The van der Waals surface area contributed by atoms with E-state index in [1.54, 1.807) is 0 Å². The smallest absolute Gasteiger partial charge is 0.398 e. The van der Waals surface area contributed by atoms with E-state index in [4.69, 9.17) is 11.5 Å². The molecular weight excluding hydrogens is 223 g/mol. The minimum absolute atomic E-state index is 0.255. The highest BCUT2D eigenvalue weighted by Gasteiger charge is 2.27. The zero-order valence-electron chi connectivity index (χ0n) is 8.37. The van der Waals surface area contributed by atoms with Crippen molar-refractivity contribution in [1.82, 2.24) is 4.98 Å². The number of nitrogens with two attached hydrogens (primary N) is 2. The number of hydrogen-bond acceptors (Lipinski definition) is 4. The number of rotatable bonds is 4. The number of alkyl halides is 3. The molecule has 0 amide bonds. The molecule has 1 atom stereocenters. The van der Waals surface area contributed by atoms with E-state index in [-0.39, 0.29) is 6.61 Å². The third-order valence-electron chi connectivity index (χ3n) is 1.85. The Morgan fingerprint density at radius 1 is 1.44 bits per heavy atom. The fourth-order valence-electron chi connectivity index (χ4n) is 1.12. The van der Waals surface area contributed by atoms with Crippen molar-refractivity contribution < 1.29 is 17.9 Å². The van der Waals surface area contributed by atoms with Crippen molar-refractivity contribution in [2.75, 3.05) is 18.9 Å². The average Bonchev–Trinajstić information content (AvgIpc) is 2.16. The SMILES string of the molecule is Nc1ccncc1C(N)COCC(F)(F)F. The summed E-state index contributed by atoms with van der Waals surface area (Å²) in [5.41, 5.74) is 12.1. The molecule has 4 nitrogen and oxygen atoms in total. The van der Waals surface area contributed by atoms with Crippen LogP contribution in [0, 0.1) is 0 Å². The topological polar surface area (TPSA) is 74.2 Å². The molecule has 1 unspecified atom stereocenters. The minimum Gasteiger partial charge on any atom is -0.398 e. The summed E-state index contributed by atoms with van der Waals surface area (Å²) in [6.45, 7) is -1.57. The Balaban J connectivity index is 2.47. The van der Waals surface area contributed by atoms with Gasteiger partial charge in [-0.2, -0.15) is 13.2 Å². The normalized spacial score (nSPS) is 13.8. The van der Waals surface area contributed by atoms with Gasteiger partial charge in [0.1, 0.15) is 6.61 Å². The highest BCUT2D eigenvalue weighted by atomic mass is 19.4. The lowest BCUT2D eigenvalue weighted by atomic mass is 10.1. The Morgan fingerprint density at radius 2 is 2.12 bits per heavy atom. The predicted octanol–water partition coefficient (Wildman–Crippen LogP) is 1.24. The average molecular weight is 235 g/mol. The summed E-state index contributed by atoms with van der Waals surface area (Å²) in [6, 6.07) is 0.815. The van der Waals surface area contributed by atoms with Gasteiger partial charge in [-0.15, -0.1) is 0 Å². The van der Waals surface area contributed by atoms with Crippen LogP contribution >= 0.6 is 0 Å². The lowest BCUT2D eigenvalue weighted by Gasteiger charge is -2.14. The zero-order chi connectivity index (χ0) is 12.2. The van der Waals surface area contributed by atoms with Gasteiger partial charge in [-0.1, -0.05) is 0 Å². The second kappa shape index (κ2) is 5.13. The van der Waals surface area contributed by atoms with E-state index >= 15 is 0 Å². The van der Waals surface area contributed by atoms with Crippen LogP contribution in [0.1, 0.15) is 11.6 Å². The monoisotopic (exact) mass is 235 g/mol. The third-order valence-corrected chi connectivity index (χ3v) is 1.85. The van der Waals surface area contributed by atoms with Crippen molar-refractivity contribution in [2.45, 2.75) is 12.2 Å². The molecule has 0 fully saturated rings. The molecule has 0 saturated heterocycles. The number of ether oxygens (including phenoxy) is 1. The molecule has 1 heterocycles. The van der Waals surface area contributed by atoms with Gasteiger partial charge in [0.05, 0.1) is 12.6 Å². The largest absolute Gasteiger partial charge is 0.411 e.